The van der Waals surface area contributed by atoms with Crippen LogP contribution >= 0.6 is 0 Å². The van der Waals surface area contributed by atoms with Gasteiger partial charge in [-0.3, -0.25) is 4.99 Å². The highest BCUT2D eigenvalue weighted by Gasteiger charge is 2.31. The molecule has 2 heterocycles. The molecule has 2 saturated heterocycles. The Hall–Kier alpha value is -3.27. The van der Waals surface area contributed by atoms with Crippen LogP contribution in [0.4, 0.5) is 24.5 Å². The van der Waals surface area contributed by atoms with E-state index in [4.69, 9.17) is 14.8 Å². The van der Waals surface area contributed by atoms with E-state index in [0.717, 1.165) is 25.5 Å². The lowest BCUT2D eigenvalue weighted by Gasteiger charge is -2.38. The van der Waals surface area contributed by atoms with Crippen molar-refractivity contribution >= 4 is 23.3 Å². The second kappa shape index (κ2) is 10.3. The van der Waals surface area contributed by atoms with Crippen molar-refractivity contribution in [3.05, 3.63) is 59.7 Å². The number of ether oxygens (including phenoxy) is 1. The number of anilines is 2. The molecule has 0 aromatic heterocycles. The molecule has 0 saturated carbocycles. The number of carbonyl (C=O) groups is 1. The first-order chi connectivity index (χ1) is 16.3. The molecule has 7 nitrogen and oxygen atoms in total. The molecule has 0 unspecified atom stereocenters. The molecular formula is C24H27F3N4O3. The summed E-state index contributed by atoms with van der Waals surface area (Å²) in [7, 11) is 0. The summed E-state index contributed by atoms with van der Waals surface area (Å²) in [5.74, 6) is -0.355. The third kappa shape index (κ3) is 5.99. The van der Waals surface area contributed by atoms with Gasteiger partial charge in [0.05, 0.1) is 23.8 Å². The van der Waals surface area contributed by atoms with Gasteiger partial charge in [-0.2, -0.15) is 13.2 Å². The second-order valence-corrected chi connectivity index (χ2v) is 8.33. The monoisotopic (exact) mass is 476 g/mol. The van der Waals surface area contributed by atoms with Gasteiger partial charge in [0, 0.05) is 44.2 Å². The van der Waals surface area contributed by atoms with Gasteiger partial charge in [-0.1, -0.05) is 6.07 Å². The summed E-state index contributed by atoms with van der Waals surface area (Å²) in [5.41, 5.74) is 0.789. The Labute approximate surface area is 195 Å². The van der Waals surface area contributed by atoms with Crippen molar-refractivity contribution in [2.75, 3.05) is 49.5 Å². The van der Waals surface area contributed by atoms with Crippen LogP contribution in [0.3, 0.4) is 0 Å². The number of nitrogens with one attached hydrogen (secondary N) is 1. The number of nitrogens with zero attached hydrogens (tertiary/aromatic N) is 3. The first kappa shape index (κ1) is 23.9. The minimum absolute atomic E-state index is 0.0672. The Balaban J connectivity index is 1.45. The van der Waals surface area contributed by atoms with Gasteiger partial charge in [0.1, 0.15) is 0 Å². The smallest absolute Gasteiger partial charge is 0.416 e. The average molecular weight is 476 g/mol. The summed E-state index contributed by atoms with van der Waals surface area (Å²) in [5, 5.41) is 12.4. The summed E-state index contributed by atoms with van der Waals surface area (Å²) in [4.78, 5) is 19.9. The number of aromatic carboxylic acids is 1. The highest BCUT2D eigenvalue weighted by atomic mass is 19.4. The maximum Gasteiger partial charge on any atom is 0.416 e. The molecule has 34 heavy (non-hydrogen) atoms. The minimum atomic E-state index is -4.37. The molecule has 1 atom stereocenters. The van der Waals surface area contributed by atoms with Crippen LogP contribution in [0.1, 0.15) is 28.8 Å². The van der Waals surface area contributed by atoms with Crippen LogP contribution in [0.5, 0.6) is 0 Å². The topological polar surface area (TPSA) is 77.4 Å². The van der Waals surface area contributed by atoms with Gasteiger partial charge >= 0.3 is 12.1 Å². The van der Waals surface area contributed by atoms with Crippen molar-refractivity contribution in [2.45, 2.75) is 25.1 Å². The Bertz CT molecular complexity index is 1010. The summed E-state index contributed by atoms with van der Waals surface area (Å²) >= 11 is 0. The minimum Gasteiger partial charge on any atom is -0.478 e. The fourth-order valence-corrected chi connectivity index (χ4v) is 4.08. The van der Waals surface area contributed by atoms with Crippen LogP contribution in [0.2, 0.25) is 0 Å². The third-order valence-electron chi connectivity index (χ3n) is 5.97. The lowest BCUT2D eigenvalue weighted by molar-refractivity contribution is -0.137. The molecule has 2 N–H and O–H groups in total. The van der Waals surface area contributed by atoms with Gasteiger partial charge in [-0.15, -0.1) is 0 Å². The number of carboxylic acids is 1. The SMILES string of the molecule is O=C(O)c1ccc(NC(=NC[C@H]2CCCO2)N2CCN(c3cccc(C(F)(F)F)c3)CC2)cc1. The molecule has 0 aliphatic carbocycles. The zero-order valence-electron chi connectivity index (χ0n) is 18.6. The number of halogens is 3. The van der Waals surface area contributed by atoms with E-state index in [1.165, 1.54) is 24.3 Å². The zero-order valence-corrected chi connectivity index (χ0v) is 18.6. The lowest BCUT2D eigenvalue weighted by atomic mass is 10.1. The van der Waals surface area contributed by atoms with E-state index in [9.17, 15) is 18.0 Å². The lowest BCUT2D eigenvalue weighted by Crippen LogP contribution is -2.51. The largest absolute Gasteiger partial charge is 0.478 e. The van der Waals surface area contributed by atoms with Crippen LogP contribution in [0.25, 0.3) is 0 Å². The molecule has 2 aromatic carbocycles. The predicted octanol–water partition coefficient (Wildman–Crippen LogP) is 4.17. The van der Waals surface area contributed by atoms with Crippen molar-refractivity contribution in [2.24, 2.45) is 4.99 Å². The Morgan fingerprint density at radius 1 is 1.12 bits per heavy atom. The molecule has 2 fully saturated rings. The van der Waals surface area contributed by atoms with Gasteiger partial charge in [0.15, 0.2) is 5.96 Å². The van der Waals surface area contributed by atoms with Gasteiger partial charge in [0.25, 0.3) is 0 Å². The van der Waals surface area contributed by atoms with E-state index >= 15 is 0 Å². The molecule has 2 aliphatic heterocycles. The number of aliphatic imine (C=N–C) groups is 1. The summed E-state index contributed by atoms with van der Waals surface area (Å²) in [6.45, 7) is 3.46. The number of benzene rings is 2. The fraction of sp³-hybridized carbons (Fsp3) is 0.417. The number of guanidine groups is 1. The number of piperazine rings is 1. The van der Waals surface area contributed by atoms with Gasteiger partial charge in [-0.05, 0) is 55.3 Å². The van der Waals surface area contributed by atoms with Crippen LogP contribution in [0.15, 0.2) is 53.5 Å². The van der Waals surface area contributed by atoms with Gasteiger partial charge in [0.2, 0.25) is 0 Å². The second-order valence-electron chi connectivity index (χ2n) is 8.33. The van der Waals surface area contributed by atoms with Crippen molar-refractivity contribution in [1.82, 2.24) is 4.90 Å². The number of hydrogen-bond acceptors (Lipinski definition) is 4. The van der Waals surface area contributed by atoms with E-state index in [2.05, 4.69) is 10.2 Å². The standard InChI is InChI=1S/C24H27F3N4O3/c25-24(26,27)18-3-1-4-20(15-18)30-10-12-31(13-11-30)23(28-16-21-5-2-14-34-21)29-19-8-6-17(7-9-19)22(32)33/h1,3-4,6-9,15,21H,2,5,10-14,16H2,(H,28,29)(H,32,33)/t21-/m1/s1. The number of alkyl halides is 3. The van der Waals surface area contributed by atoms with E-state index in [0.29, 0.717) is 50.1 Å². The maximum absolute atomic E-state index is 13.1. The van der Waals surface area contributed by atoms with Crippen molar-refractivity contribution in [3.8, 4) is 0 Å². The Morgan fingerprint density at radius 2 is 1.85 bits per heavy atom. The molecule has 10 heteroatoms. The predicted molar refractivity (Wildman–Crippen MR) is 124 cm³/mol. The van der Waals surface area contributed by atoms with Crippen molar-refractivity contribution in [1.29, 1.82) is 0 Å². The van der Waals surface area contributed by atoms with E-state index < -0.39 is 17.7 Å². The molecule has 0 spiro atoms. The van der Waals surface area contributed by atoms with E-state index in [-0.39, 0.29) is 11.7 Å². The quantitative estimate of drug-likeness (QED) is 0.498. The Morgan fingerprint density at radius 3 is 2.47 bits per heavy atom. The number of rotatable bonds is 5. The highest BCUT2D eigenvalue weighted by Crippen LogP contribution is 2.32. The van der Waals surface area contributed by atoms with Crippen LogP contribution in [-0.4, -0.2) is 67.4 Å². The average Bonchev–Trinajstić information content (AvgIpc) is 3.35. The van der Waals surface area contributed by atoms with Gasteiger partial charge < -0.3 is 25.0 Å². The summed E-state index contributed by atoms with van der Waals surface area (Å²) in [6, 6.07) is 11.8. The molecule has 2 aromatic rings. The maximum atomic E-state index is 13.1. The van der Waals surface area contributed by atoms with Crippen LogP contribution < -0.4 is 10.2 Å². The van der Waals surface area contributed by atoms with E-state index in [1.807, 2.05) is 4.90 Å². The molecule has 0 radical (unpaired) electrons. The molecule has 0 bridgehead atoms. The molecule has 2 aliphatic rings. The van der Waals surface area contributed by atoms with Crippen LogP contribution in [-0.2, 0) is 10.9 Å². The van der Waals surface area contributed by atoms with E-state index in [1.54, 1.807) is 18.2 Å². The molecule has 0 amide bonds. The van der Waals surface area contributed by atoms with Crippen molar-refractivity contribution in [3.63, 3.8) is 0 Å². The molecule has 182 valence electrons. The third-order valence-corrected chi connectivity index (χ3v) is 5.97. The normalized spacial score (nSPS) is 19.4. The highest BCUT2D eigenvalue weighted by molar-refractivity contribution is 5.95. The molecule has 4 rings (SSSR count). The fourth-order valence-electron chi connectivity index (χ4n) is 4.08. The van der Waals surface area contributed by atoms with Crippen LogP contribution in [0, 0.1) is 0 Å². The Kier molecular flexibility index (Phi) is 7.26. The zero-order chi connectivity index (χ0) is 24.1. The van der Waals surface area contributed by atoms with Crippen molar-refractivity contribution < 1.29 is 27.8 Å². The van der Waals surface area contributed by atoms with Gasteiger partial charge in [-0.25, -0.2) is 4.79 Å². The molecular weight excluding hydrogens is 449 g/mol. The number of carboxylic acid groups (broad SMARTS) is 1. The first-order valence-corrected chi connectivity index (χ1v) is 11.2. The summed E-state index contributed by atoms with van der Waals surface area (Å²) in [6.07, 6.45) is -2.35. The number of hydrogen-bond donors (Lipinski definition) is 2. The summed E-state index contributed by atoms with van der Waals surface area (Å²) < 4.78 is 45.0. The first-order valence-electron chi connectivity index (χ1n) is 11.2.